The summed E-state index contributed by atoms with van der Waals surface area (Å²) in [5.41, 5.74) is 0. The maximum atomic E-state index is 12.8. The molecule has 0 bridgehead atoms. The van der Waals surface area contributed by atoms with E-state index in [1.54, 1.807) is 0 Å². The number of phosphoric ester groups is 1. The lowest BCUT2D eigenvalue weighted by Gasteiger charge is -2.28. The highest BCUT2D eigenvalue weighted by Gasteiger charge is 2.20. The number of ether oxygens (including phenoxy) is 2. The van der Waals surface area contributed by atoms with Crippen LogP contribution in [0.3, 0.4) is 0 Å². The van der Waals surface area contributed by atoms with Gasteiger partial charge in [0.1, 0.15) is 19.3 Å². The Hall–Kier alpha value is -2.84. The van der Waals surface area contributed by atoms with Crippen LogP contribution in [-0.4, -0.2) is 70.7 Å². The number of likely N-dealkylation sites (N-methyl/N-ethyl adjacent to an activating group) is 1. The first-order valence-corrected chi connectivity index (χ1v) is 29.1. The van der Waals surface area contributed by atoms with Gasteiger partial charge in [0, 0.05) is 13.0 Å². The first kappa shape index (κ1) is 66.2. The summed E-state index contributed by atoms with van der Waals surface area (Å²) in [5.74, 6) is -0.370. The predicted octanol–water partition coefficient (Wildman–Crippen LogP) is 16.9. The van der Waals surface area contributed by atoms with Crippen molar-refractivity contribution < 1.29 is 37.3 Å². The number of carbonyl (C=O) groups excluding carboxylic acids is 1. The molecule has 0 aromatic rings. The molecular weight excluding hydrogens is 878 g/mol. The van der Waals surface area contributed by atoms with Crippen molar-refractivity contribution in [1.29, 1.82) is 0 Å². The van der Waals surface area contributed by atoms with Gasteiger partial charge in [-0.3, -0.25) is 9.36 Å². The fraction of sp³-hybridized carbons (Fsp3) is 0.683. The minimum atomic E-state index is -4.55. The van der Waals surface area contributed by atoms with Crippen molar-refractivity contribution in [3.8, 4) is 0 Å². The number of carbonyl (C=O) groups is 1. The first-order chi connectivity index (χ1) is 33.6. The SMILES string of the molecule is CC/C=C\C/C=C\C/C=C\C/C=C\C/C=C\C/C=C\C/C=C\CCCCCC(=O)OC(COCCCCCCCCCCCC/C=C\C/C=C\CCCCCCC)COP(=O)([O-])OCC[N+](C)(C)C. The number of hydrogen-bond donors (Lipinski definition) is 0. The molecule has 2 atom stereocenters. The van der Waals surface area contributed by atoms with Gasteiger partial charge in [0.25, 0.3) is 7.82 Å². The van der Waals surface area contributed by atoms with Crippen molar-refractivity contribution in [2.75, 3.05) is 54.1 Å². The topological polar surface area (TPSA) is 94.1 Å². The minimum absolute atomic E-state index is 0.0125. The van der Waals surface area contributed by atoms with Crippen LogP contribution in [0.2, 0.25) is 0 Å². The van der Waals surface area contributed by atoms with Gasteiger partial charge in [0.2, 0.25) is 0 Å². The number of phosphoric acid groups is 1. The van der Waals surface area contributed by atoms with E-state index < -0.39 is 13.9 Å². The Morgan fingerprint density at radius 1 is 0.464 bits per heavy atom. The zero-order valence-corrected chi connectivity index (χ0v) is 45.9. The van der Waals surface area contributed by atoms with Gasteiger partial charge < -0.3 is 27.9 Å². The average molecular weight is 982 g/mol. The zero-order chi connectivity index (χ0) is 50.5. The van der Waals surface area contributed by atoms with Crippen molar-refractivity contribution in [2.24, 2.45) is 0 Å². The van der Waals surface area contributed by atoms with Crippen LogP contribution in [0.4, 0.5) is 0 Å². The summed E-state index contributed by atoms with van der Waals surface area (Å²) in [6.45, 7) is 5.22. The molecule has 0 N–H and O–H groups in total. The Kier molecular flexibility index (Phi) is 49.4. The van der Waals surface area contributed by atoms with Crippen molar-refractivity contribution >= 4 is 13.8 Å². The van der Waals surface area contributed by atoms with E-state index in [1.165, 1.54) is 96.3 Å². The van der Waals surface area contributed by atoms with Crippen LogP contribution in [0.1, 0.15) is 206 Å². The molecule has 0 radical (unpaired) electrons. The summed E-state index contributed by atoms with van der Waals surface area (Å²) in [6, 6.07) is 0. The van der Waals surface area contributed by atoms with Crippen LogP contribution in [0.15, 0.2) is 109 Å². The van der Waals surface area contributed by atoms with Gasteiger partial charge in [-0.15, -0.1) is 0 Å². The maximum absolute atomic E-state index is 12.8. The van der Waals surface area contributed by atoms with Crippen LogP contribution in [0.5, 0.6) is 0 Å². The maximum Gasteiger partial charge on any atom is 0.306 e. The quantitative estimate of drug-likeness (QED) is 0.0197. The van der Waals surface area contributed by atoms with Gasteiger partial charge >= 0.3 is 5.97 Å². The molecule has 0 aromatic carbocycles. The number of hydrogen-bond acceptors (Lipinski definition) is 7. The normalized spacial score (nSPS) is 14.3. The molecule has 396 valence electrons. The van der Waals surface area contributed by atoms with E-state index in [2.05, 4.69) is 123 Å². The molecule has 9 heteroatoms. The molecule has 0 saturated heterocycles. The van der Waals surface area contributed by atoms with Crippen LogP contribution >= 0.6 is 7.82 Å². The predicted molar refractivity (Wildman–Crippen MR) is 295 cm³/mol. The van der Waals surface area contributed by atoms with E-state index in [0.717, 1.165) is 83.5 Å². The van der Waals surface area contributed by atoms with Gasteiger partial charge in [-0.25, -0.2) is 0 Å². The monoisotopic (exact) mass is 982 g/mol. The second-order valence-corrected chi connectivity index (χ2v) is 20.6. The summed E-state index contributed by atoms with van der Waals surface area (Å²) in [4.78, 5) is 25.2. The van der Waals surface area contributed by atoms with E-state index in [1.807, 2.05) is 21.1 Å². The number of rotatable bonds is 50. The second-order valence-electron chi connectivity index (χ2n) is 19.2. The lowest BCUT2D eigenvalue weighted by atomic mass is 10.1. The molecule has 0 aromatic heterocycles. The molecule has 0 saturated carbocycles. The van der Waals surface area contributed by atoms with Gasteiger partial charge in [-0.05, 0) is 103 Å². The van der Waals surface area contributed by atoms with Crippen molar-refractivity contribution in [2.45, 2.75) is 213 Å². The van der Waals surface area contributed by atoms with Gasteiger partial charge in [-0.1, -0.05) is 207 Å². The molecule has 0 spiro atoms. The number of quaternary nitrogens is 1. The summed E-state index contributed by atoms with van der Waals surface area (Å²) >= 11 is 0. The molecule has 0 fully saturated rings. The Balaban J connectivity index is 4.23. The molecule has 8 nitrogen and oxygen atoms in total. The summed E-state index contributed by atoms with van der Waals surface area (Å²) in [6.07, 6.45) is 72.6. The molecule has 0 aliphatic rings. The molecule has 69 heavy (non-hydrogen) atoms. The lowest BCUT2D eigenvalue weighted by Crippen LogP contribution is -2.37. The summed E-state index contributed by atoms with van der Waals surface area (Å²) in [5, 5.41) is 0. The van der Waals surface area contributed by atoms with E-state index in [-0.39, 0.29) is 32.2 Å². The molecular formula is C60H104NO7P. The van der Waals surface area contributed by atoms with Gasteiger partial charge in [-0.2, -0.15) is 0 Å². The average Bonchev–Trinajstić information content (AvgIpc) is 3.31. The molecule has 0 aliphatic heterocycles. The van der Waals surface area contributed by atoms with Crippen molar-refractivity contribution in [1.82, 2.24) is 0 Å². The van der Waals surface area contributed by atoms with E-state index in [9.17, 15) is 14.3 Å². The second kappa shape index (κ2) is 51.5. The lowest BCUT2D eigenvalue weighted by molar-refractivity contribution is -0.870. The highest BCUT2D eigenvalue weighted by molar-refractivity contribution is 7.45. The van der Waals surface area contributed by atoms with Crippen LogP contribution in [-0.2, 0) is 27.9 Å². The van der Waals surface area contributed by atoms with E-state index in [0.29, 0.717) is 24.1 Å². The number of nitrogens with zero attached hydrogens (tertiary/aromatic N) is 1. The highest BCUT2D eigenvalue weighted by atomic mass is 31.2. The molecule has 0 aliphatic carbocycles. The standard InChI is InChI=1S/C60H104NO7P/c1-6-8-10-12-14-16-18-20-22-24-26-28-30-31-32-33-35-37-39-41-43-45-47-49-51-53-60(62)68-59(58-67-69(63,64)66-56-54-61(3,4)5)57-65-55-52-50-48-46-44-42-40-38-36-34-29-27-25-23-21-19-17-15-13-11-9-7-2/h8,10,14,16,19-22,25-28,31-32,35,37,41,43,59H,6-7,9,11-13,15,17-18,23-24,29-30,33-34,36,38-40,42,44-58H2,1-5H3/b10-8-,16-14-,21-19-,22-20-,27-25-,28-26-,32-31-,37-35-,43-41-. The van der Waals surface area contributed by atoms with Crippen molar-refractivity contribution in [3.63, 3.8) is 0 Å². The fourth-order valence-electron chi connectivity index (χ4n) is 7.09. The Morgan fingerprint density at radius 3 is 1.26 bits per heavy atom. The van der Waals surface area contributed by atoms with Crippen LogP contribution in [0.25, 0.3) is 0 Å². The first-order valence-electron chi connectivity index (χ1n) is 27.6. The number of unbranched alkanes of at least 4 members (excludes halogenated alkanes) is 18. The summed E-state index contributed by atoms with van der Waals surface area (Å²) in [7, 11) is 1.32. The third-order valence-corrected chi connectivity index (χ3v) is 12.3. The Bertz CT molecular complexity index is 1470. The number of esters is 1. The fourth-order valence-corrected chi connectivity index (χ4v) is 7.81. The molecule has 0 rings (SSSR count). The molecule has 0 heterocycles. The third-order valence-electron chi connectivity index (χ3n) is 11.3. The highest BCUT2D eigenvalue weighted by Crippen LogP contribution is 2.38. The molecule has 2 unspecified atom stereocenters. The van der Waals surface area contributed by atoms with Crippen LogP contribution in [0, 0.1) is 0 Å². The van der Waals surface area contributed by atoms with E-state index in [4.69, 9.17) is 18.5 Å². The van der Waals surface area contributed by atoms with E-state index >= 15 is 0 Å². The third kappa shape index (κ3) is 56.0. The van der Waals surface area contributed by atoms with Crippen LogP contribution < -0.4 is 4.89 Å². The largest absolute Gasteiger partial charge is 0.756 e. The van der Waals surface area contributed by atoms with Crippen molar-refractivity contribution in [3.05, 3.63) is 109 Å². The number of allylic oxidation sites excluding steroid dienone is 18. The Labute approximate surface area is 425 Å². The summed E-state index contributed by atoms with van der Waals surface area (Å²) < 4.78 is 34.8. The molecule has 0 amide bonds. The Morgan fingerprint density at radius 2 is 0.841 bits per heavy atom. The van der Waals surface area contributed by atoms with Gasteiger partial charge in [0.15, 0.2) is 0 Å². The minimum Gasteiger partial charge on any atom is -0.756 e. The zero-order valence-electron chi connectivity index (χ0n) is 45.0. The smallest absolute Gasteiger partial charge is 0.306 e. The van der Waals surface area contributed by atoms with Gasteiger partial charge in [0.05, 0.1) is 34.4 Å².